The average molecular weight is 398 g/mol. The number of carbonyl (C=O) groups is 1. The van der Waals surface area contributed by atoms with Gasteiger partial charge in [0.25, 0.3) is 5.91 Å². The van der Waals surface area contributed by atoms with Gasteiger partial charge in [-0.05, 0) is 30.7 Å². The standard InChI is InChI=1S/C19H16F2N6O2/c1-10-2-3-11-14(8-10)29-17(25-11)16-15-12(22-9-23-15)5-7-26(16)18(28)13-4-6-24-27(13)19(20)21/h2-4,6,8-9,16,19H,5,7H2,1H3,(H,22,23)/t16-/m0/s1. The minimum atomic E-state index is -2.92. The number of oxazole rings is 1. The fourth-order valence-electron chi connectivity index (χ4n) is 3.70. The van der Waals surface area contributed by atoms with Crippen molar-refractivity contribution in [1.82, 2.24) is 29.6 Å². The molecule has 5 rings (SSSR count). The van der Waals surface area contributed by atoms with Crippen LogP contribution in [-0.2, 0) is 6.42 Å². The molecule has 1 aliphatic heterocycles. The van der Waals surface area contributed by atoms with Gasteiger partial charge in [-0.3, -0.25) is 4.79 Å². The zero-order valence-corrected chi connectivity index (χ0v) is 15.3. The van der Waals surface area contributed by atoms with Crippen LogP contribution in [0, 0.1) is 6.92 Å². The highest BCUT2D eigenvalue weighted by Crippen LogP contribution is 2.35. The molecule has 1 aliphatic rings. The third-order valence-electron chi connectivity index (χ3n) is 5.05. The number of benzene rings is 1. The van der Waals surface area contributed by atoms with E-state index in [2.05, 4.69) is 20.1 Å². The summed E-state index contributed by atoms with van der Waals surface area (Å²) in [6.07, 6.45) is 3.24. The summed E-state index contributed by atoms with van der Waals surface area (Å²) < 4.78 is 32.9. The first-order chi connectivity index (χ1) is 14.0. The largest absolute Gasteiger partial charge is 0.438 e. The average Bonchev–Trinajstić information content (AvgIpc) is 3.43. The van der Waals surface area contributed by atoms with E-state index in [9.17, 15) is 13.6 Å². The van der Waals surface area contributed by atoms with Crippen molar-refractivity contribution in [2.45, 2.75) is 25.9 Å². The second-order valence-electron chi connectivity index (χ2n) is 6.88. The fourth-order valence-corrected chi connectivity index (χ4v) is 3.70. The quantitative estimate of drug-likeness (QED) is 0.572. The van der Waals surface area contributed by atoms with E-state index < -0.39 is 18.5 Å². The third kappa shape index (κ3) is 2.79. The molecule has 0 unspecified atom stereocenters. The van der Waals surface area contributed by atoms with Gasteiger partial charge in [-0.25, -0.2) is 9.97 Å². The second kappa shape index (κ2) is 6.50. The number of aryl methyl sites for hydroxylation is 1. The number of nitrogens with one attached hydrogen (secondary N) is 1. The molecule has 0 fully saturated rings. The van der Waals surface area contributed by atoms with E-state index in [-0.39, 0.29) is 11.6 Å². The van der Waals surface area contributed by atoms with E-state index in [0.717, 1.165) is 11.3 Å². The minimum absolute atomic E-state index is 0.198. The maximum atomic E-state index is 13.3. The predicted octanol–water partition coefficient (Wildman–Crippen LogP) is 3.24. The number of hydrogen-bond acceptors (Lipinski definition) is 5. The lowest BCUT2D eigenvalue weighted by atomic mass is 10.0. The van der Waals surface area contributed by atoms with Crippen LogP contribution in [0.3, 0.4) is 0 Å². The summed E-state index contributed by atoms with van der Waals surface area (Å²) in [5.74, 6) is -0.296. The van der Waals surface area contributed by atoms with Crippen molar-refractivity contribution in [3.63, 3.8) is 0 Å². The van der Waals surface area contributed by atoms with Gasteiger partial charge in [-0.1, -0.05) is 6.07 Å². The number of alkyl halides is 2. The predicted molar refractivity (Wildman–Crippen MR) is 97.4 cm³/mol. The molecule has 148 valence electrons. The van der Waals surface area contributed by atoms with Gasteiger partial charge in [0.1, 0.15) is 11.2 Å². The Bertz CT molecular complexity index is 1210. The van der Waals surface area contributed by atoms with Crippen molar-refractivity contribution in [2.75, 3.05) is 6.54 Å². The number of rotatable bonds is 3. The summed E-state index contributed by atoms with van der Waals surface area (Å²) >= 11 is 0. The molecule has 0 spiro atoms. The number of aromatic nitrogens is 5. The molecule has 4 heterocycles. The molecule has 1 N–H and O–H groups in total. The summed E-state index contributed by atoms with van der Waals surface area (Å²) in [7, 11) is 0. The Labute approximate surface area is 163 Å². The topological polar surface area (TPSA) is 92.8 Å². The number of amides is 1. The van der Waals surface area contributed by atoms with Crippen molar-refractivity contribution in [3.05, 3.63) is 65.3 Å². The number of imidazole rings is 1. The molecular weight excluding hydrogens is 382 g/mol. The number of aromatic amines is 1. The molecule has 10 heteroatoms. The Morgan fingerprint density at radius 2 is 2.21 bits per heavy atom. The van der Waals surface area contributed by atoms with Crippen molar-refractivity contribution in [1.29, 1.82) is 0 Å². The van der Waals surface area contributed by atoms with Crippen LogP contribution in [0.15, 0.2) is 41.2 Å². The molecule has 0 aliphatic carbocycles. The van der Waals surface area contributed by atoms with E-state index in [1.165, 1.54) is 17.2 Å². The van der Waals surface area contributed by atoms with Crippen LogP contribution in [0.4, 0.5) is 8.78 Å². The molecule has 0 bridgehead atoms. The van der Waals surface area contributed by atoms with E-state index in [4.69, 9.17) is 4.42 Å². The van der Waals surface area contributed by atoms with Crippen LogP contribution in [-0.4, -0.2) is 42.1 Å². The van der Waals surface area contributed by atoms with Crippen LogP contribution >= 0.6 is 0 Å². The lowest BCUT2D eigenvalue weighted by Gasteiger charge is -2.33. The number of hydrogen-bond donors (Lipinski definition) is 1. The lowest BCUT2D eigenvalue weighted by molar-refractivity contribution is 0.0435. The fraction of sp³-hybridized carbons (Fsp3) is 0.263. The molecule has 29 heavy (non-hydrogen) atoms. The molecule has 1 amide bonds. The number of fused-ring (bicyclic) bond motifs is 2. The van der Waals surface area contributed by atoms with Crippen LogP contribution in [0.5, 0.6) is 0 Å². The molecular formula is C19H16F2N6O2. The summed E-state index contributed by atoms with van der Waals surface area (Å²) in [5.41, 5.74) is 3.51. The molecule has 1 aromatic carbocycles. The van der Waals surface area contributed by atoms with Crippen LogP contribution in [0.2, 0.25) is 0 Å². The Morgan fingerprint density at radius 1 is 1.34 bits per heavy atom. The van der Waals surface area contributed by atoms with Gasteiger partial charge in [0.15, 0.2) is 11.6 Å². The van der Waals surface area contributed by atoms with Gasteiger partial charge in [0, 0.05) is 24.9 Å². The highest BCUT2D eigenvalue weighted by atomic mass is 19.3. The normalized spacial score (nSPS) is 16.6. The summed E-state index contributed by atoms with van der Waals surface area (Å²) in [5, 5.41) is 3.57. The van der Waals surface area contributed by atoms with Crippen molar-refractivity contribution in [3.8, 4) is 0 Å². The van der Waals surface area contributed by atoms with E-state index in [0.29, 0.717) is 34.4 Å². The summed E-state index contributed by atoms with van der Waals surface area (Å²) in [6, 6.07) is 6.16. The van der Waals surface area contributed by atoms with Crippen LogP contribution < -0.4 is 0 Å². The zero-order chi connectivity index (χ0) is 20.1. The number of halogens is 2. The van der Waals surface area contributed by atoms with Gasteiger partial charge in [0.05, 0.1) is 12.0 Å². The Kier molecular flexibility index (Phi) is 3.93. The maximum absolute atomic E-state index is 13.3. The minimum Gasteiger partial charge on any atom is -0.438 e. The number of H-pyrrole nitrogens is 1. The Balaban J connectivity index is 1.62. The maximum Gasteiger partial charge on any atom is 0.333 e. The van der Waals surface area contributed by atoms with Gasteiger partial charge in [0.2, 0.25) is 5.89 Å². The van der Waals surface area contributed by atoms with Gasteiger partial charge in [-0.15, -0.1) is 0 Å². The molecule has 4 aromatic rings. The SMILES string of the molecule is Cc1ccc2nc([C@@H]3c4nc[nH]c4CCN3C(=O)c3ccnn3C(F)F)oc2c1. The lowest BCUT2D eigenvalue weighted by Crippen LogP contribution is -2.41. The zero-order valence-electron chi connectivity index (χ0n) is 15.3. The molecule has 0 radical (unpaired) electrons. The van der Waals surface area contributed by atoms with Gasteiger partial charge < -0.3 is 14.3 Å². The highest BCUT2D eigenvalue weighted by molar-refractivity contribution is 5.93. The monoisotopic (exact) mass is 398 g/mol. The molecule has 0 saturated heterocycles. The molecule has 3 aromatic heterocycles. The number of nitrogens with zero attached hydrogens (tertiary/aromatic N) is 5. The van der Waals surface area contributed by atoms with Gasteiger partial charge in [-0.2, -0.15) is 18.6 Å². The second-order valence-corrected chi connectivity index (χ2v) is 6.88. The number of carbonyl (C=O) groups excluding carboxylic acids is 1. The summed E-state index contributed by atoms with van der Waals surface area (Å²) in [4.78, 5) is 26.6. The van der Waals surface area contributed by atoms with E-state index in [1.807, 2.05) is 25.1 Å². The van der Waals surface area contributed by atoms with E-state index in [1.54, 1.807) is 6.33 Å². The van der Waals surface area contributed by atoms with Crippen LogP contribution in [0.1, 0.15) is 45.9 Å². The molecule has 8 nitrogen and oxygen atoms in total. The first-order valence-corrected chi connectivity index (χ1v) is 9.05. The van der Waals surface area contributed by atoms with Gasteiger partial charge >= 0.3 is 6.55 Å². The Morgan fingerprint density at radius 3 is 3.03 bits per heavy atom. The first kappa shape index (κ1) is 17.5. The Hall–Kier alpha value is -3.56. The van der Waals surface area contributed by atoms with Crippen LogP contribution in [0.25, 0.3) is 11.1 Å². The van der Waals surface area contributed by atoms with Crippen molar-refractivity contribution >= 4 is 17.0 Å². The molecule has 0 saturated carbocycles. The smallest absolute Gasteiger partial charge is 0.333 e. The first-order valence-electron chi connectivity index (χ1n) is 9.05. The van der Waals surface area contributed by atoms with Crippen molar-refractivity contribution < 1.29 is 18.0 Å². The van der Waals surface area contributed by atoms with Crippen molar-refractivity contribution in [2.24, 2.45) is 0 Å². The highest BCUT2D eigenvalue weighted by Gasteiger charge is 2.39. The van der Waals surface area contributed by atoms with E-state index >= 15 is 0 Å². The molecule has 1 atom stereocenters. The summed E-state index contributed by atoms with van der Waals surface area (Å²) in [6.45, 7) is -0.680. The third-order valence-corrected chi connectivity index (χ3v) is 5.05.